The van der Waals surface area contributed by atoms with Crippen molar-refractivity contribution in [3.63, 3.8) is 0 Å². The Morgan fingerprint density at radius 2 is 2.09 bits per heavy atom. The van der Waals surface area contributed by atoms with Crippen LogP contribution in [0.2, 0.25) is 5.02 Å². The largest absolute Gasteiger partial charge is 0.493 e. The summed E-state index contributed by atoms with van der Waals surface area (Å²) >= 11 is 7.89. The molecule has 3 aromatic rings. The van der Waals surface area contributed by atoms with Gasteiger partial charge in [-0.2, -0.15) is 5.10 Å². The number of methoxy groups -OCH3 is 1. The minimum absolute atomic E-state index is 0.0842. The molecule has 8 heteroatoms. The maximum absolute atomic E-state index is 12.6. The minimum atomic E-state index is -0.130. The van der Waals surface area contributed by atoms with Crippen LogP contribution in [-0.4, -0.2) is 35.2 Å². The molecule has 0 radical (unpaired) electrons. The fraction of sp³-hybridized carbons (Fsp3) is 0.250. The van der Waals surface area contributed by atoms with E-state index in [0.717, 1.165) is 28.1 Å². The average Bonchev–Trinajstić information content (AvgIpc) is 2.99. The Balaban J connectivity index is 1.82. The molecule has 1 aliphatic heterocycles. The SMILES string of the molecule is C#CCOc1ccc([C@H]2SCC(=O)Nc3c2c(C)nn3-c2ccc(C)c(Cl)c2)cc1OC. The Hall–Kier alpha value is -3.08. The van der Waals surface area contributed by atoms with Gasteiger partial charge in [-0.1, -0.05) is 29.7 Å². The summed E-state index contributed by atoms with van der Waals surface area (Å²) < 4.78 is 12.8. The van der Waals surface area contributed by atoms with E-state index in [2.05, 4.69) is 11.2 Å². The number of hydrogen-bond donors (Lipinski definition) is 1. The molecular formula is C24H22ClN3O3S. The number of terminal acetylenes is 1. The van der Waals surface area contributed by atoms with E-state index >= 15 is 0 Å². The van der Waals surface area contributed by atoms with E-state index in [1.807, 2.05) is 50.2 Å². The summed E-state index contributed by atoms with van der Waals surface area (Å²) in [5.41, 5.74) is 4.50. The Bertz CT molecular complexity index is 1230. The lowest BCUT2D eigenvalue weighted by Gasteiger charge is -2.18. The standard InChI is InChI=1S/C24H22ClN3O3S/c1-5-10-31-19-9-7-16(11-20(19)30-4)23-22-15(3)27-28(24(22)26-21(29)13-32-23)17-8-6-14(2)18(25)12-17/h1,6-9,11-12,23H,10,13H2,2-4H3,(H,26,29)/t23-/m1/s1. The van der Waals surface area contributed by atoms with Crippen LogP contribution in [0.15, 0.2) is 36.4 Å². The predicted molar refractivity (Wildman–Crippen MR) is 128 cm³/mol. The summed E-state index contributed by atoms with van der Waals surface area (Å²) in [5.74, 6) is 4.49. The molecule has 0 aliphatic carbocycles. The van der Waals surface area contributed by atoms with Gasteiger partial charge in [0.25, 0.3) is 0 Å². The van der Waals surface area contributed by atoms with Crippen molar-refractivity contribution in [3.05, 3.63) is 63.8 Å². The number of amides is 1. The topological polar surface area (TPSA) is 65.4 Å². The number of nitrogens with zero attached hydrogens (tertiary/aromatic N) is 2. The monoisotopic (exact) mass is 467 g/mol. The van der Waals surface area contributed by atoms with Crippen LogP contribution in [0.25, 0.3) is 5.69 Å². The molecule has 0 fully saturated rings. The zero-order valence-electron chi connectivity index (χ0n) is 17.9. The molecule has 0 bridgehead atoms. The van der Waals surface area contributed by atoms with Crippen LogP contribution in [0.3, 0.4) is 0 Å². The van der Waals surface area contributed by atoms with Crippen molar-refractivity contribution in [3.8, 4) is 29.5 Å². The molecule has 1 amide bonds. The van der Waals surface area contributed by atoms with Crippen LogP contribution < -0.4 is 14.8 Å². The number of hydrogen-bond acceptors (Lipinski definition) is 5. The van der Waals surface area contributed by atoms with E-state index in [1.165, 1.54) is 11.8 Å². The number of thioether (sulfide) groups is 1. The number of carbonyl (C=O) groups is 1. The highest BCUT2D eigenvalue weighted by molar-refractivity contribution is 8.00. The first-order chi connectivity index (χ1) is 15.4. The first-order valence-corrected chi connectivity index (χ1v) is 11.4. The molecule has 1 aromatic heterocycles. The molecule has 2 heterocycles. The molecule has 0 saturated heterocycles. The van der Waals surface area contributed by atoms with Gasteiger partial charge in [-0.05, 0) is 49.2 Å². The molecule has 1 aliphatic rings. The molecule has 4 rings (SSSR count). The van der Waals surface area contributed by atoms with Crippen molar-refractivity contribution in [2.75, 3.05) is 24.8 Å². The quantitative estimate of drug-likeness (QED) is 0.538. The fourth-order valence-corrected chi connectivity index (χ4v) is 4.99. The Labute approximate surface area is 196 Å². The predicted octanol–water partition coefficient (Wildman–Crippen LogP) is 4.94. The van der Waals surface area contributed by atoms with Crippen molar-refractivity contribution >= 4 is 35.1 Å². The Morgan fingerprint density at radius 3 is 2.81 bits per heavy atom. The molecule has 0 spiro atoms. The van der Waals surface area contributed by atoms with Gasteiger partial charge >= 0.3 is 0 Å². The van der Waals surface area contributed by atoms with Crippen molar-refractivity contribution in [2.24, 2.45) is 0 Å². The highest BCUT2D eigenvalue weighted by Gasteiger charge is 2.31. The Kier molecular flexibility index (Phi) is 6.35. The minimum Gasteiger partial charge on any atom is -0.493 e. The lowest BCUT2D eigenvalue weighted by atomic mass is 10.0. The lowest BCUT2D eigenvalue weighted by Crippen LogP contribution is -2.15. The van der Waals surface area contributed by atoms with Gasteiger partial charge in [-0.25, -0.2) is 4.68 Å². The zero-order chi connectivity index (χ0) is 22.8. The number of carbonyl (C=O) groups excluding carboxylic acids is 1. The third-order valence-corrected chi connectivity index (χ3v) is 6.89. The second-order valence-electron chi connectivity index (χ2n) is 7.34. The second-order valence-corrected chi connectivity index (χ2v) is 8.84. The third kappa shape index (κ3) is 4.16. The molecule has 2 aromatic carbocycles. The maximum Gasteiger partial charge on any atom is 0.235 e. The summed E-state index contributed by atoms with van der Waals surface area (Å²) in [6, 6.07) is 11.4. The number of nitrogens with one attached hydrogen (secondary N) is 1. The fourth-order valence-electron chi connectivity index (χ4n) is 3.63. The van der Waals surface area contributed by atoms with Gasteiger partial charge in [0.15, 0.2) is 11.5 Å². The number of aryl methyl sites for hydroxylation is 2. The van der Waals surface area contributed by atoms with E-state index in [-0.39, 0.29) is 17.8 Å². The lowest BCUT2D eigenvalue weighted by molar-refractivity contribution is -0.113. The molecule has 32 heavy (non-hydrogen) atoms. The van der Waals surface area contributed by atoms with E-state index in [9.17, 15) is 4.79 Å². The molecular weight excluding hydrogens is 446 g/mol. The van der Waals surface area contributed by atoms with Gasteiger partial charge in [0.1, 0.15) is 12.4 Å². The van der Waals surface area contributed by atoms with Gasteiger partial charge in [-0.15, -0.1) is 18.2 Å². The van der Waals surface area contributed by atoms with Gasteiger partial charge in [0, 0.05) is 10.6 Å². The van der Waals surface area contributed by atoms with E-state index in [1.54, 1.807) is 11.8 Å². The molecule has 6 nitrogen and oxygen atoms in total. The number of rotatable bonds is 5. The first-order valence-electron chi connectivity index (χ1n) is 9.94. The van der Waals surface area contributed by atoms with E-state index in [0.29, 0.717) is 28.1 Å². The van der Waals surface area contributed by atoms with Crippen molar-refractivity contribution in [1.29, 1.82) is 0 Å². The summed E-state index contributed by atoms with van der Waals surface area (Å²) in [7, 11) is 1.59. The van der Waals surface area contributed by atoms with E-state index in [4.69, 9.17) is 32.6 Å². The number of ether oxygens (including phenoxy) is 2. The molecule has 0 unspecified atom stereocenters. The van der Waals surface area contributed by atoms with Crippen molar-refractivity contribution in [2.45, 2.75) is 19.1 Å². The van der Waals surface area contributed by atoms with Crippen LogP contribution >= 0.6 is 23.4 Å². The smallest absolute Gasteiger partial charge is 0.235 e. The van der Waals surface area contributed by atoms with Crippen molar-refractivity contribution < 1.29 is 14.3 Å². The number of anilines is 1. The Morgan fingerprint density at radius 1 is 1.28 bits per heavy atom. The van der Waals surface area contributed by atoms with Crippen molar-refractivity contribution in [1.82, 2.24) is 9.78 Å². The van der Waals surface area contributed by atoms with Gasteiger partial charge < -0.3 is 14.8 Å². The summed E-state index contributed by atoms with van der Waals surface area (Å²) in [4.78, 5) is 12.6. The van der Waals surface area contributed by atoms with Gasteiger partial charge in [0.2, 0.25) is 5.91 Å². The van der Waals surface area contributed by atoms with E-state index < -0.39 is 0 Å². The zero-order valence-corrected chi connectivity index (χ0v) is 19.5. The van der Waals surface area contributed by atoms with Crippen LogP contribution in [0.1, 0.15) is 27.6 Å². The highest BCUT2D eigenvalue weighted by atomic mass is 35.5. The third-order valence-electron chi connectivity index (χ3n) is 5.21. The molecule has 0 saturated carbocycles. The van der Waals surface area contributed by atoms with Crippen LogP contribution in [-0.2, 0) is 4.79 Å². The highest BCUT2D eigenvalue weighted by Crippen LogP contribution is 2.45. The number of benzene rings is 2. The molecule has 1 atom stereocenters. The average molecular weight is 468 g/mol. The van der Waals surface area contributed by atoms with Gasteiger partial charge in [0.05, 0.1) is 29.5 Å². The van der Waals surface area contributed by atoms with Crippen LogP contribution in [0.5, 0.6) is 11.5 Å². The number of aromatic nitrogens is 2. The summed E-state index contributed by atoms with van der Waals surface area (Å²) in [6.45, 7) is 4.04. The van der Waals surface area contributed by atoms with Crippen LogP contribution in [0, 0.1) is 26.2 Å². The first kappa shape index (κ1) is 22.1. The number of halogens is 1. The molecule has 164 valence electrons. The van der Waals surface area contributed by atoms with Crippen LogP contribution in [0.4, 0.5) is 5.82 Å². The van der Waals surface area contributed by atoms with Gasteiger partial charge in [-0.3, -0.25) is 4.79 Å². The summed E-state index contributed by atoms with van der Waals surface area (Å²) in [5, 5.41) is 8.28. The normalized spacial score (nSPS) is 15.3. The maximum atomic E-state index is 12.6. The summed E-state index contributed by atoms with van der Waals surface area (Å²) in [6.07, 6.45) is 5.31. The second kappa shape index (κ2) is 9.19. The number of fused-ring (bicyclic) bond motifs is 1. The molecule has 1 N–H and O–H groups in total.